The number of hydrogen-bond donors (Lipinski definition) is 1. The second-order valence-corrected chi connectivity index (χ2v) is 7.53. The molecule has 1 atom stereocenters. The molecular weight excluding hydrogens is 358 g/mol. The van der Waals surface area contributed by atoms with Crippen molar-refractivity contribution in [3.8, 4) is 0 Å². The third kappa shape index (κ3) is 3.35. The fourth-order valence-electron chi connectivity index (χ4n) is 3.82. The van der Waals surface area contributed by atoms with Crippen molar-refractivity contribution in [2.24, 2.45) is 0 Å². The third-order valence-electron chi connectivity index (χ3n) is 5.24. The second-order valence-electron chi connectivity index (χ2n) is 7.09. The van der Waals surface area contributed by atoms with E-state index in [0.717, 1.165) is 35.2 Å². The zero-order chi connectivity index (χ0) is 19.0. The van der Waals surface area contributed by atoms with Gasteiger partial charge in [0.2, 0.25) is 0 Å². The van der Waals surface area contributed by atoms with Gasteiger partial charge in [-0.2, -0.15) is 0 Å². The first-order chi connectivity index (χ1) is 13.0. The molecule has 0 bridgehead atoms. The van der Waals surface area contributed by atoms with E-state index in [9.17, 15) is 9.59 Å². The maximum atomic E-state index is 13.3. The minimum Gasteiger partial charge on any atom is -0.364 e. The summed E-state index contributed by atoms with van der Waals surface area (Å²) in [5, 5.41) is 3.81. The van der Waals surface area contributed by atoms with E-state index < -0.39 is 0 Å². The van der Waals surface area contributed by atoms with E-state index in [1.165, 1.54) is 0 Å². The van der Waals surface area contributed by atoms with E-state index in [1.807, 2.05) is 31.2 Å². The number of allylic oxidation sites excluding steroid dienone is 3. The first-order valence-corrected chi connectivity index (χ1v) is 9.52. The number of aryl methyl sites for hydroxylation is 1. The Labute approximate surface area is 163 Å². The number of hydrogen-bond acceptors (Lipinski definition) is 3. The molecule has 4 heteroatoms. The van der Waals surface area contributed by atoms with Gasteiger partial charge in [-0.05, 0) is 49.6 Å². The number of nitrogens with one attached hydrogen (secondary N) is 1. The van der Waals surface area contributed by atoms with Crippen LogP contribution in [0.1, 0.15) is 46.7 Å². The number of Topliss-reactive ketones (excluding diaryl/α,β-unsaturated/α-hetero) is 2. The average molecular weight is 378 g/mol. The molecular formula is C23H20ClNO2. The highest BCUT2D eigenvalue weighted by Crippen LogP contribution is 2.41. The van der Waals surface area contributed by atoms with Crippen molar-refractivity contribution < 1.29 is 9.59 Å². The Morgan fingerprint density at radius 3 is 2.44 bits per heavy atom. The van der Waals surface area contributed by atoms with Crippen molar-refractivity contribution in [3.63, 3.8) is 0 Å². The Morgan fingerprint density at radius 1 is 1.04 bits per heavy atom. The minimum absolute atomic E-state index is 0.0883. The van der Waals surface area contributed by atoms with Crippen molar-refractivity contribution in [1.29, 1.82) is 0 Å². The molecule has 136 valence electrons. The molecule has 1 aliphatic heterocycles. The molecule has 2 aliphatic rings. The molecule has 0 amide bonds. The van der Waals surface area contributed by atoms with Crippen LogP contribution < -0.4 is 5.32 Å². The summed E-state index contributed by atoms with van der Waals surface area (Å²) in [4.78, 5) is 26.0. The van der Waals surface area contributed by atoms with Gasteiger partial charge in [0.1, 0.15) is 0 Å². The Kier molecular flexibility index (Phi) is 4.71. The standard InChI is InChI=1S/C23H20ClNO2/c1-14-5-7-15(8-6-14)21-18(23(27)16-9-11-17(24)12-10-16)13-25-19-3-2-4-20(26)22(19)21/h5-13,21,25H,2-4H2,1H3. The van der Waals surface area contributed by atoms with E-state index >= 15 is 0 Å². The molecule has 0 fully saturated rings. The summed E-state index contributed by atoms with van der Waals surface area (Å²) >= 11 is 5.96. The van der Waals surface area contributed by atoms with Crippen LogP contribution in [0.3, 0.4) is 0 Å². The van der Waals surface area contributed by atoms with Gasteiger partial charge < -0.3 is 5.32 Å². The zero-order valence-corrected chi connectivity index (χ0v) is 15.8. The maximum Gasteiger partial charge on any atom is 0.191 e. The maximum absolute atomic E-state index is 13.3. The van der Waals surface area contributed by atoms with Crippen LogP contribution in [0.4, 0.5) is 0 Å². The highest BCUT2D eigenvalue weighted by atomic mass is 35.5. The van der Waals surface area contributed by atoms with Gasteiger partial charge in [0.05, 0.1) is 0 Å². The summed E-state index contributed by atoms with van der Waals surface area (Å²) in [6.45, 7) is 2.03. The molecule has 0 saturated heterocycles. The van der Waals surface area contributed by atoms with Crippen LogP contribution in [0.15, 0.2) is 71.6 Å². The van der Waals surface area contributed by atoms with Gasteiger partial charge in [0.15, 0.2) is 11.6 Å². The van der Waals surface area contributed by atoms with Crippen LogP contribution in [0.25, 0.3) is 0 Å². The number of carbonyl (C=O) groups is 2. The largest absolute Gasteiger partial charge is 0.364 e. The van der Waals surface area contributed by atoms with Gasteiger partial charge in [-0.15, -0.1) is 0 Å². The molecule has 2 aromatic rings. The van der Waals surface area contributed by atoms with Gasteiger partial charge in [0.25, 0.3) is 0 Å². The van der Waals surface area contributed by atoms with Gasteiger partial charge in [0, 0.05) is 46.0 Å². The Balaban J connectivity index is 1.81. The molecule has 4 rings (SSSR count). The molecule has 0 aromatic heterocycles. The lowest BCUT2D eigenvalue weighted by atomic mass is 9.74. The van der Waals surface area contributed by atoms with Gasteiger partial charge in [-0.25, -0.2) is 0 Å². The van der Waals surface area contributed by atoms with Crippen LogP contribution >= 0.6 is 11.6 Å². The van der Waals surface area contributed by atoms with Crippen molar-refractivity contribution in [2.75, 3.05) is 0 Å². The van der Waals surface area contributed by atoms with E-state index in [1.54, 1.807) is 30.5 Å². The third-order valence-corrected chi connectivity index (χ3v) is 5.49. The predicted molar refractivity (Wildman–Crippen MR) is 107 cm³/mol. The predicted octanol–water partition coefficient (Wildman–Crippen LogP) is 5.11. The van der Waals surface area contributed by atoms with Crippen LogP contribution in [0, 0.1) is 6.92 Å². The molecule has 1 heterocycles. The fraction of sp³-hybridized carbons (Fsp3) is 0.217. The Morgan fingerprint density at radius 2 is 1.74 bits per heavy atom. The van der Waals surface area contributed by atoms with Gasteiger partial charge in [-0.3, -0.25) is 9.59 Å². The number of carbonyl (C=O) groups excluding carboxylic acids is 2. The summed E-state index contributed by atoms with van der Waals surface area (Å²) in [5.74, 6) is -0.295. The first kappa shape index (κ1) is 17.7. The smallest absolute Gasteiger partial charge is 0.191 e. The van der Waals surface area contributed by atoms with Crippen molar-refractivity contribution in [2.45, 2.75) is 32.1 Å². The van der Waals surface area contributed by atoms with Gasteiger partial charge >= 0.3 is 0 Å². The number of benzene rings is 2. The molecule has 27 heavy (non-hydrogen) atoms. The number of halogens is 1. The average Bonchev–Trinajstić information content (AvgIpc) is 2.68. The lowest BCUT2D eigenvalue weighted by molar-refractivity contribution is -0.116. The highest BCUT2D eigenvalue weighted by molar-refractivity contribution is 6.30. The summed E-state index contributed by atoms with van der Waals surface area (Å²) < 4.78 is 0. The first-order valence-electron chi connectivity index (χ1n) is 9.14. The summed E-state index contributed by atoms with van der Waals surface area (Å²) in [6.07, 6.45) is 3.99. The van der Waals surface area contributed by atoms with Crippen molar-refractivity contribution >= 4 is 23.2 Å². The van der Waals surface area contributed by atoms with E-state index in [0.29, 0.717) is 22.6 Å². The summed E-state index contributed by atoms with van der Waals surface area (Å²) in [6, 6.07) is 15.0. The van der Waals surface area contributed by atoms with E-state index in [4.69, 9.17) is 11.6 Å². The molecule has 1 unspecified atom stereocenters. The van der Waals surface area contributed by atoms with Crippen LogP contribution in [-0.4, -0.2) is 11.6 Å². The second kappa shape index (κ2) is 7.16. The monoisotopic (exact) mass is 377 g/mol. The van der Waals surface area contributed by atoms with Crippen LogP contribution in [0.5, 0.6) is 0 Å². The molecule has 0 spiro atoms. The molecule has 2 aromatic carbocycles. The van der Waals surface area contributed by atoms with Crippen LogP contribution in [0.2, 0.25) is 5.02 Å². The molecule has 3 nitrogen and oxygen atoms in total. The molecule has 0 saturated carbocycles. The molecule has 0 radical (unpaired) electrons. The van der Waals surface area contributed by atoms with E-state index in [-0.39, 0.29) is 17.5 Å². The van der Waals surface area contributed by atoms with Gasteiger partial charge in [-0.1, -0.05) is 41.4 Å². The van der Waals surface area contributed by atoms with Crippen LogP contribution in [-0.2, 0) is 4.79 Å². The van der Waals surface area contributed by atoms with Crippen molar-refractivity contribution in [1.82, 2.24) is 5.32 Å². The molecule has 1 N–H and O–H groups in total. The Bertz CT molecular complexity index is 968. The number of dihydropyridines is 1. The summed E-state index contributed by atoms with van der Waals surface area (Å²) in [7, 11) is 0. The number of ketones is 2. The highest BCUT2D eigenvalue weighted by Gasteiger charge is 2.36. The lowest BCUT2D eigenvalue weighted by Gasteiger charge is -2.32. The minimum atomic E-state index is -0.335. The Hall–Kier alpha value is -2.65. The topological polar surface area (TPSA) is 46.2 Å². The van der Waals surface area contributed by atoms with Crippen molar-refractivity contribution in [3.05, 3.63) is 93.3 Å². The lowest BCUT2D eigenvalue weighted by Crippen LogP contribution is -2.31. The molecule has 1 aliphatic carbocycles. The van der Waals surface area contributed by atoms with E-state index in [2.05, 4.69) is 5.32 Å². The fourth-order valence-corrected chi connectivity index (χ4v) is 3.95. The quantitative estimate of drug-likeness (QED) is 0.756. The zero-order valence-electron chi connectivity index (χ0n) is 15.1. The SMILES string of the molecule is Cc1ccc(C2C(C(=O)c3ccc(Cl)cc3)=CNC3=C2C(=O)CCC3)cc1. The number of rotatable bonds is 3. The summed E-state index contributed by atoms with van der Waals surface area (Å²) in [5.41, 5.74) is 4.96. The normalized spacial score (nSPS) is 19.3.